The van der Waals surface area contributed by atoms with Crippen molar-refractivity contribution in [2.45, 2.75) is 36.7 Å². The standard InChI is InChI=1S/C21H21FN4O3S/c1-3-4-11-21(25-26-21)12-13-23-20(27)19-14-18(10-5-15(19)2)30(28,29)24-17-8-6-16(22)7-9-17/h1,5-10,14,24H,4,11-13H2,2H3,(H,23,27). The molecule has 0 saturated carbocycles. The largest absolute Gasteiger partial charge is 0.352 e. The molecule has 0 unspecified atom stereocenters. The predicted molar refractivity (Wildman–Crippen MR) is 111 cm³/mol. The molecular weight excluding hydrogens is 407 g/mol. The lowest BCUT2D eigenvalue weighted by Gasteiger charge is -2.13. The van der Waals surface area contributed by atoms with E-state index in [4.69, 9.17) is 6.42 Å². The summed E-state index contributed by atoms with van der Waals surface area (Å²) in [5.74, 6) is 1.69. The van der Waals surface area contributed by atoms with Gasteiger partial charge in [0.2, 0.25) is 0 Å². The Bertz CT molecular complexity index is 1120. The SMILES string of the molecule is C#CCCC1(CCNC(=O)c2cc(S(=O)(=O)Nc3ccc(F)cc3)ccc2C)N=N1. The van der Waals surface area contributed by atoms with E-state index in [1.54, 1.807) is 13.0 Å². The topological polar surface area (TPSA) is 100.0 Å². The molecule has 0 spiro atoms. The van der Waals surface area contributed by atoms with Gasteiger partial charge in [0, 0.05) is 37.1 Å². The second kappa shape index (κ2) is 8.63. The van der Waals surface area contributed by atoms with E-state index in [1.807, 2.05) is 0 Å². The van der Waals surface area contributed by atoms with Gasteiger partial charge >= 0.3 is 0 Å². The lowest BCUT2D eigenvalue weighted by molar-refractivity contribution is 0.0951. The van der Waals surface area contributed by atoms with Crippen LogP contribution < -0.4 is 10.0 Å². The van der Waals surface area contributed by atoms with Crippen molar-refractivity contribution in [3.8, 4) is 12.3 Å². The molecular formula is C21H21FN4O3S. The third-order valence-corrected chi connectivity index (χ3v) is 6.10. The molecule has 0 atom stereocenters. The Kier molecular flexibility index (Phi) is 6.17. The lowest BCUT2D eigenvalue weighted by atomic mass is 10.0. The Balaban J connectivity index is 1.67. The summed E-state index contributed by atoms with van der Waals surface area (Å²) < 4.78 is 40.7. The summed E-state index contributed by atoms with van der Waals surface area (Å²) >= 11 is 0. The van der Waals surface area contributed by atoms with Gasteiger partial charge in [-0.3, -0.25) is 9.52 Å². The number of carbonyl (C=O) groups is 1. The number of anilines is 1. The average molecular weight is 428 g/mol. The Hall–Kier alpha value is -3.25. The van der Waals surface area contributed by atoms with Crippen molar-refractivity contribution >= 4 is 21.6 Å². The van der Waals surface area contributed by atoms with Crippen LogP contribution in [0.25, 0.3) is 0 Å². The van der Waals surface area contributed by atoms with Crippen LogP contribution in [0.3, 0.4) is 0 Å². The van der Waals surface area contributed by atoms with E-state index in [0.29, 0.717) is 31.4 Å². The molecule has 0 aliphatic carbocycles. The van der Waals surface area contributed by atoms with Gasteiger partial charge in [-0.25, -0.2) is 12.8 Å². The molecule has 0 aromatic heterocycles. The van der Waals surface area contributed by atoms with Gasteiger partial charge in [0.15, 0.2) is 5.66 Å². The van der Waals surface area contributed by atoms with Crippen LogP contribution in [0.5, 0.6) is 0 Å². The molecule has 3 rings (SSSR count). The molecule has 9 heteroatoms. The van der Waals surface area contributed by atoms with E-state index in [2.05, 4.69) is 26.2 Å². The number of hydrogen-bond acceptors (Lipinski definition) is 5. The van der Waals surface area contributed by atoms with Crippen LogP contribution in [0.2, 0.25) is 0 Å². The number of aryl methyl sites for hydroxylation is 1. The summed E-state index contributed by atoms with van der Waals surface area (Å²) in [7, 11) is -3.94. The predicted octanol–water partition coefficient (Wildman–Crippen LogP) is 3.63. The fraction of sp³-hybridized carbons (Fsp3) is 0.286. The number of amides is 1. The summed E-state index contributed by atoms with van der Waals surface area (Å²) in [6, 6.07) is 9.23. The van der Waals surface area contributed by atoms with Crippen molar-refractivity contribution in [1.82, 2.24) is 5.32 Å². The molecule has 0 radical (unpaired) electrons. The summed E-state index contributed by atoms with van der Waals surface area (Å²) in [4.78, 5) is 12.5. The molecule has 2 aromatic carbocycles. The molecule has 156 valence electrons. The van der Waals surface area contributed by atoms with E-state index in [-0.39, 0.29) is 22.1 Å². The van der Waals surface area contributed by atoms with Crippen molar-refractivity contribution in [3.05, 3.63) is 59.4 Å². The normalized spacial score (nSPS) is 14.0. The Labute approximate surface area is 174 Å². The number of sulfonamides is 1. The zero-order valence-electron chi connectivity index (χ0n) is 16.4. The minimum atomic E-state index is -3.94. The van der Waals surface area contributed by atoms with E-state index in [1.165, 1.54) is 24.3 Å². The van der Waals surface area contributed by atoms with Crippen LogP contribution in [0, 0.1) is 25.1 Å². The Morgan fingerprint density at radius 2 is 1.87 bits per heavy atom. The van der Waals surface area contributed by atoms with Gasteiger partial charge in [0.1, 0.15) is 5.82 Å². The van der Waals surface area contributed by atoms with Gasteiger partial charge < -0.3 is 5.32 Å². The van der Waals surface area contributed by atoms with Crippen LogP contribution in [0.1, 0.15) is 35.2 Å². The third-order valence-electron chi connectivity index (χ3n) is 4.72. The van der Waals surface area contributed by atoms with Crippen LogP contribution in [0.15, 0.2) is 57.6 Å². The fourth-order valence-electron chi connectivity index (χ4n) is 2.88. The highest BCUT2D eigenvalue weighted by molar-refractivity contribution is 7.92. The molecule has 1 heterocycles. The molecule has 0 bridgehead atoms. The van der Waals surface area contributed by atoms with Crippen LogP contribution in [0.4, 0.5) is 10.1 Å². The first-order valence-corrected chi connectivity index (χ1v) is 10.8. The first-order valence-electron chi connectivity index (χ1n) is 9.29. The molecule has 0 saturated heterocycles. The number of benzene rings is 2. The number of rotatable bonds is 9. The second-order valence-electron chi connectivity index (χ2n) is 6.98. The maximum Gasteiger partial charge on any atom is 0.261 e. The third kappa shape index (κ3) is 5.21. The number of carbonyl (C=O) groups excluding carboxylic acids is 1. The molecule has 2 N–H and O–H groups in total. The molecule has 0 fully saturated rings. The maximum absolute atomic E-state index is 13.0. The number of nitrogens with zero attached hydrogens (tertiary/aromatic N) is 2. The number of halogens is 1. The summed E-state index contributed by atoms with van der Waals surface area (Å²) in [5, 5.41) is 10.8. The fourth-order valence-corrected chi connectivity index (χ4v) is 3.97. The number of hydrogen-bond donors (Lipinski definition) is 2. The molecule has 7 nitrogen and oxygen atoms in total. The maximum atomic E-state index is 13.0. The van der Waals surface area contributed by atoms with E-state index in [9.17, 15) is 17.6 Å². The zero-order chi connectivity index (χ0) is 21.8. The first-order chi connectivity index (χ1) is 14.2. The molecule has 30 heavy (non-hydrogen) atoms. The van der Waals surface area contributed by atoms with Crippen molar-refractivity contribution in [2.24, 2.45) is 10.2 Å². The number of terminal acetylenes is 1. The minimum Gasteiger partial charge on any atom is -0.352 e. The van der Waals surface area contributed by atoms with E-state index >= 15 is 0 Å². The smallest absolute Gasteiger partial charge is 0.261 e. The summed E-state index contributed by atoms with van der Waals surface area (Å²) in [5.41, 5.74) is 0.603. The molecule has 1 aliphatic heterocycles. The lowest BCUT2D eigenvalue weighted by Crippen LogP contribution is -2.29. The van der Waals surface area contributed by atoms with Crippen molar-refractivity contribution in [2.75, 3.05) is 11.3 Å². The van der Waals surface area contributed by atoms with Crippen LogP contribution in [-0.4, -0.2) is 26.5 Å². The highest BCUT2D eigenvalue weighted by Gasteiger charge is 2.38. The van der Waals surface area contributed by atoms with Gasteiger partial charge in [0.05, 0.1) is 4.90 Å². The summed E-state index contributed by atoms with van der Waals surface area (Å²) in [6.45, 7) is 2.05. The van der Waals surface area contributed by atoms with Crippen LogP contribution >= 0.6 is 0 Å². The van der Waals surface area contributed by atoms with E-state index in [0.717, 1.165) is 12.1 Å². The van der Waals surface area contributed by atoms with Gasteiger partial charge in [-0.15, -0.1) is 12.3 Å². The van der Waals surface area contributed by atoms with Gasteiger partial charge in [-0.2, -0.15) is 10.2 Å². The first kappa shape index (κ1) is 21.5. The summed E-state index contributed by atoms with van der Waals surface area (Å²) in [6.07, 6.45) is 6.99. The second-order valence-corrected chi connectivity index (χ2v) is 8.66. The average Bonchev–Trinajstić information content (AvgIpc) is 3.48. The van der Waals surface area contributed by atoms with Crippen molar-refractivity contribution in [3.63, 3.8) is 0 Å². The Morgan fingerprint density at radius 3 is 2.50 bits per heavy atom. The quantitative estimate of drug-likeness (QED) is 0.597. The molecule has 1 amide bonds. The van der Waals surface area contributed by atoms with Crippen LogP contribution in [-0.2, 0) is 10.0 Å². The zero-order valence-corrected chi connectivity index (χ0v) is 17.2. The highest BCUT2D eigenvalue weighted by Crippen LogP contribution is 2.36. The Morgan fingerprint density at radius 1 is 1.17 bits per heavy atom. The molecule has 2 aromatic rings. The van der Waals surface area contributed by atoms with E-state index < -0.39 is 21.5 Å². The van der Waals surface area contributed by atoms with Crippen molar-refractivity contribution < 1.29 is 17.6 Å². The van der Waals surface area contributed by atoms with Gasteiger partial charge in [-0.05, 0) is 48.9 Å². The van der Waals surface area contributed by atoms with Gasteiger partial charge in [-0.1, -0.05) is 6.07 Å². The minimum absolute atomic E-state index is 0.0692. The van der Waals surface area contributed by atoms with Gasteiger partial charge in [0.25, 0.3) is 15.9 Å². The highest BCUT2D eigenvalue weighted by atomic mass is 32.2. The molecule has 1 aliphatic rings. The number of nitrogens with one attached hydrogen (secondary N) is 2. The monoisotopic (exact) mass is 428 g/mol. The van der Waals surface area contributed by atoms with Crippen molar-refractivity contribution in [1.29, 1.82) is 0 Å².